The Morgan fingerprint density at radius 1 is 0.947 bits per heavy atom. The second kappa shape index (κ2) is 10.5. The van der Waals surface area contributed by atoms with Crippen molar-refractivity contribution in [2.75, 3.05) is 26.2 Å². The van der Waals surface area contributed by atoms with Gasteiger partial charge in [0.2, 0.25) is 5.82 Å². The second-order valence-corrected chi connectivity index (χ2v) is 8.96. The summed E-state index contributed by atoms with van der Waals surface area (Å²) in [6, 6.07) is 21.1. The van der Waals surface area contributed by atoms with E-state index in [1.165, 1.54) is 12.1 Å². The summed E-state index contributed by atoms with van der Waals surface area (Å²) in [5, 5.41) is 12.8. The van der Waals surface area contributed by atoms with Gasteiger partial charge in [-0.3, -0.25) is 9.69 Å². The molecular weight excluding hydrogens is 495 g/mol. The molecular formula is C28H22F3N5O2. The highest BCUT2D eigenvalue weighted by atomic mass is 19.4. The van der Waals surface area contributed by atoms with Gasteiger partial charge in [0.1, 0.15) is 0 Å². The SMILES string of the molecule is N#Cc1ccc(C(=O)N2CCN(Cc3ccc(-c4noc(-c5cccc(C(F)(F)F)c5)n4)cc3)CC2)cc1. The maximum Gasteiger partial charge on any atom is 0.416 e. The molecule has 1 fully saturated rings. The number of rotatable bonds is 5. The third-order valence-corrected chi connectivity index (χ3v) is 6.40. The van der Waals surface area contributed by atoms with Gasteiger partial charge in [-0.05, 0) is 48.0 Å². The molecule has 7 nitrogen and oxygen atoms in total. The topological polar surface area (TPSA) is 86.3 Å². The molecule has 38 heavy (non-hydrogen) atoms. The van der Waals surface area contributed by atoms with Crippen molar-refractivity contribution in [2.45, 2.75) is 12.7 Å². The quantitative estimate of drug-likeness (QED) is 0.359. The molecule has 3 aromatic carbocycles. The number of nitrogens with zero attached hydrogens (tertiary/aromatic N) is 5. The van der Waals surface area contributed by atoms with Crippen molar-refractivity contribution in [1.29, 1.82) is 5.26 Å². The summed E-state index contributed by atoms with van der Waals surface area (Å²) in [5.74, 6) is 0.269. The molecule has 0 unspecified atom stereocenters. The van der Waals surface area contributed by atoms with Crippen molar-refractivity contribution in [3.8, 4) is 28.9 Å². The van der Waals surface area contributed by atoms with Gasteiger partial charge in [-0.15, -0.1) is 0 Å². The van der Waals surface area contributed by atoms with Crippen LogP contribution in [0, 0.1) is 11.3 Å². The molecule has 1 amide bonds. The molecule has 0 aliphatic carbocycles. The Morgan fingerprint density at radius 3 is 2.32 bits per heavy atom. The van der Waals surface area contributed by atoms with Crippen LogP contribution in [0.25, 0.3) is 22.8 Å². The van der Waals surface area contributed by atoms with Gasteiger partial charge in [0.25, 0.3) is 11.8 Å². The van der Waals surface area contributed by atoms with Crippen molar-refractivity contribution in [1.82, 2.24) is 19.9 Å². The molecule has 0 spiro atoms. The monoisotopic (exact) mass is 517 g/mol. The van der Waals surface area contributed by atoms with Crippen molar-refractivity contribution in [2.24, 2.45) is 0 Å². The Balaban J connectivity index is 1.17. The number of aromatic nitrogens is 2. The van der Waals surface area contributed by atoms with E-state index in [1.54, 1.807) is 24.3 Å². The minimum Gasteiger partial charge on any atom is -0.336 e. The summed E-state index contributed by atoms with van der Waals surface area (Å²) in [6.07, 6.45) is -4.46. The van der Waals surface area contributed by atoms with Crippen LogP contribution in [0.2, 0.25) is 0 Å². The molecule has 192 valence electrons. The highest BCUT2D eigenvalue weighted by Gasteiger charge is 2.31. The fourth-order valence-electron chi connectivity index (χ4n) is 4.28. The van der Waals surface area contributed by atoms with E-state index in [-0.39, 0.29) is 17.4 Å². The number of benzene rings is 3. The number of nitriles is 1. The summed E-state index contributed by atoms with van der Waals surface area (Å²) in [4.78, 5) is 21.1. The minimum absolute atomic E-state index is 0.0172. The normalized spacial score (nSPS) is 14.3. The van der Waals surface area contributed by atoms with E-state index in [9.17, 15) is 18.0 Å². The number of alkyl halides is 3. The molecule has 0 saturated carbocycles. The zero-order chi connectivity index (χ0) is 26.7. The summed E-state index contributed by atoms with van der Waals surface area (Å²) >= 11 is 0. The van der Waals surface area contributed by atoms with E-state index in [4.69, 9.17) is 9.78 Å². The zero-order valence-corrected chi connectivity index (χ0v) is 20.2. The summed E-state index contributed by atoms with van der Waals surface area (Å²) in [6.45, 7) is 3.39. The van der Waals surface area contributed by atoms with Crippen LogP contribution in [-0.2, 0) is 12.7 Å². The van der Waals surface area contributed by atoms with E-state index >= 15 is 0 Å². The summed E-state index contributed by atoms with van der Waals surface area (Å²) < 4.78 is 44.2. The van der Waals surface area contributed by atoms with Crippen molar-refractivity contribution in [3.05, 3.63) is 95.1 Å². The smallest absolute Gasteiger partial charge is 0.336 e. The zero-order valence-electron chi connectivity index (χ0n) is 20.2. The van der Waals surface area contributed by atoms with Crippen LogP contribution in [0.4, 0.5) is 13.2 Å². The molecule has 0 N–H and O–H groups in total. The first kappa shape index (κ1) is 25.2. The van der Waals surface area contributed by atoms with Crippen LogP contribution in [-0.4, -0.2) is 52.0 Å². The average molecular weight is 518 g/mol. The van der Waals surface area contributed by atoms with Gasteiger partial charge in [-0.25, -0.2) is 0 Å². The van der Waals surface area contributed by atoms with Crippen LogP contribution in [0.3, 0.4) is 0 Å². The lowest BCUT2D eigenvalue weighted by Gasteiger charge is -2.34. The largest absolute Gasteiger partial charge is 0.416 e. The number of amides is 1. The van der Waals surface area contributed by atoms with Gasteiger partial charge in [0.15, 0.2) is 0 Å². The van der Waals surface area contributed by atoms with Crippen LogP contribution >= 0.6 is 0 Å². The maximum atomic E-state index is 13.0. The number of carbonyl (C=O) groups is 1. The molecule has 1 aliphatic heterocycles. The molecule has 1 aromatic heterocycles. The van der Waals surface area contributed by atoms with Gasteiger partial charge in [-0.1, -0.05) is 35.5 Å². The van der Waals surface area contributed by atoms with E-state index in [2.05, 4.69) is 21.1 Å². The second-order valence-electron chi connectivity index (χ2n) is 8.96. The molecule has 5 rings (SSSR count). The Kier molecular flexibility index (Phi) is 6.94. The molecule has 2 heterocycles. The van der Waals surface area contributed by atoms with E-state index < -0.39 is 11.7 Å². The van der Waals surface area contributed by atoms with Crippen molar-refractivity contribution < 1.29 is 22.5 Å². The van der Waals surface area contributed by atoms with Crippen LogP contribution in [0.1, 0.15) is 27.0 Å². The molecule has 10 heteroatoms. The maximum absolute atomic E-state index is 13.0. The summed E-state index contributed by atoms with van der Waals surface area (Å²) in [7, 11) is 0. The number of piperazine rings is 1. The van der Waals surface area contributed by atoms with Crippen molar-refractivity contribution >= 4 is 5.91 Å². The third-order valence-electron chi connectivity index (χ3n) is 6.40. The average Bonchev–Trinajstić information content (AvgIpc) is 3.44. The predicted octanol–water partition coefficient (Wildman–Crippen LogP) is 5.25. The van der Waals surface area contributed by atoms with Crippen molar-refractivity contribution in [3.63, 3.8) is 0 Å². The van der Waals surface area contributed by atoms with Gasteiger partial charge in [-0.2, -0.15) is 23.4 Å². The van der Waals surface area contributed by atoms with Crippen LogP contribution in [0.15, 0.2) is 77.3 Å². The Bertz CT molecular complexity index is 1470. The van der Waals surface area contributed by atoms with Gasteiger partial charge >= 0.3 is 6.18 Å². The Hall–Kier alpha value is -4.49. The molecule has 1 saturated heterocycles. The predicted molar refractivity (Wildman–Crippen MR) is 133 cm³/mol. The first-order chi connectivity index (χ1) is 18.3. The van der Waals surface area contributed by atoms with E-state index in [1.807, 2.05) is 29.2 Å². The van der Waals surface area contributed by atoms with Crippen LogP contribution < -0.4 is 0 Å². The van der Waals surface area contributed by atoms with E-state index in [0.29, 0.717) is 42.1 Å². The minimum atomic E-state index is -4.46. The van der Waals surface area contributed by atoms with Crippen LogP contribution in [0.5, 0.6) is 0 Å². The first-order valence-corrected chi connectivity index (χ1v) is 11.9. The molecule has 0 radical (unpaired) electrons. The van der Waals surface area contributed by atoms with E-state index in [0.717, 1.165) is 30.8 Å². The van der Waals surface area contributed by atoms with Gasteiger partial charge in [0.05, 0.1) is 17.2 Å². The number of hydrogen-bond acceptors (Lipinski definition) is 6. The summed E-state index contributed by atoms with van der Waals surface area (Å²) in [5.41, 5.74) is 2.28. The number of hydrogen-bond donors (Lipinski definition) is 0. The third kappa shape index (κ3) is 5.58. The fourth-order valence-corrected chi connectivity index (χ4v) is 4.28. The number of carbonyl (C=O) groups excluding carboxylic acids is 1. The lowest BCUT2D eigenvalue weighted by Crippen LogP contribution is -2.48. The lowest BCUT2D eigenvalue weighted by atomic mass is 10.1. The number of halogens is 3. The fraction of sp³-hybridized carbons (Fsp3) is 0.214. The highest BCUT2D eigenvalue weighted by molar-refractivity contribution is 5.94. The standard InChI is InChI=1S/C28H22F3N5O2/c29-28(30,31)24-3-1-2-23(16-24)26-33-25(34-38-26)21-8-6-20(7-9-21)18-35-12-14-36(15-13-35)27(37)22-10-4-19(17-32)5-11-22/h1-11,16H,12-15,18H2. The molecule has 1 aliphatic rings. The molecule has 0 atom stereocenters. The first-order valence-electron chi connectivity index (χ1n) is 11.9. The Morgan fingerprint density at radius 2 is 1.66 bits per heavy atom. The highest BCUT2D eigenvalue weighted by Crippen LogP contribution is 2.32. The molecule has 4 aromatic rings. The lowest BCUT2D eigenvalue weighted by molar-refractivity contribution is -0.137. The molecule has 0 bridgehead atoms. The van der Waals surface area contributed by atoms with Gasteiger partial charge in [0, 0.05) is 49.4 Å². The van der Waals surface area contributed by atoms with Gasteiger partial charge < -0.3 is 9.42 Å². The Labute approximate surface area is 216 Å².